The fourth-order valence-electron chi connectivity index (χ4n) is 1.72. The van der Waals surface area contributed by atoms with Crippen molar-refractivity contribution in [3.63, 3.8) is 0 Å². The van der Waals surface area contributed by atoms with Gasteiger partial charge < -0.3 is 10.6 Å². The summed E-state index contributed by atoms with van der Waals surface area (Å²) in [6.07, 6.45) is 1.97. The molecule has 0 heterocycles. The largest absolute Gasteiger partial charge is 0.323 e. The normalized spacial score (nSPS) is 11.0. The van der Waals surface area contributed by atoms with Crippen molar-refractivity contribution in [1.82, 2.24) is 0 Å². The SMILES string of the molecule is CSc1ccc(NC(=O)Nc2cccc(S(N)(=O)=O)c2)cc1. The second-order valence-electron chi connectivity index (χ2n) is 4.38. The lowest BCUT2D eigenvalue weighted by molar-refractivity contribution is 0.262. The van der Waals surface area contributed by atoms with E-state index in [4.69, 9.17) is 5.14 Å². The standard InChI is InChI=1S/C14H15N3O3S2/c1-21-12-7-5-10(6-8-12)16-14(18)17-11-3-2-4-13(9-11)22(15,19)20/h2-9H,1H3,(H2,15,19,20)(H2,16,17,18). The molecule has 0 bridgehead atoms. The lowest BCUT2D eigenvalue weighted by Gasteiger charge is -2.09. The summed E-state index contributed by atoms with van der Waals surface area (Å²) in [6, 6.07) is 12.6. The molecule has 0 saturated carbocycles. The van der Waals surface area contributed by atoms with Crippen LogP contribution in [0, 0.1) is 0 Å². The summed E-state index contributed by atoms with van der Waals surface area (Å²) in [5.74, 6) is 0. The highest BCUT2D eigenvalue weighted by molar-refractivity contribution is 7.98. The summed E-state index contributed by atoms with van der Waals surface area (Å²) >= 11 is 1.61. The molecule has 0 spiro atoms. The number of carbonyl (C=O) groups excluding carboxylic acids is 1. The summed E-state index contributed by atoms with van der Waals surface area (Å²) in [7, 11) is -3.80. The van der Waals surface area contributed by atoms with E-state index in [1.165, 1.54) is 18.2 Å². The lowest BCUT2D eigenvalue weighted by Crippen LogP contribution is -2.20. The van der Waals surface area contributed by atoms with Crippen LogP contribution in [0.5, 0.6) is 0 Å². The molecule has 6 nitrogen and oxygen atoms in total. The number of nitrogens with two attached hydrogens (primary N) is 1. The molecule has 2 amide bonds. The molecule has 0 atom stereocenters. The third-order valence-corrected chi connectivity index (χ3v) is 4.42. The Bertz CT molecular complexity index is 774. The quantitative estimate of drug-likeness (QED) is 0.747. The molecule has 2 rings (SSSR count). The van der Waals surface area contributed by atoms with Gasteiger partial charge in [-0.3, -0.25) is 0 Å². The molecule has 2 aromatic carbocycles. The molecular weight excluding hydrogens is 322 g/mol. The average Bonchev–Trinajstić information content (AvgIpc) is 2.47. The van der Waals surface area contributed by atoms with Crippen LogP contribution in [0.25, 0.3) is 0 Å². The van der Waals surface area contributed by atoms with Gasteiger partial charge in [0.1, 0.15) is 0 Å². The fourth-order valence-corrected chi connectivity index (χ4v) is 2.69. The number of hydrogen-bond acceptors (Lipinski definition) is 4. The third kappa shape index (κ3) is 4.48. The first kappa shape index (κ1) is 16.3. The van der Waals surface area contributed by atoms with Crippen molar-refractivity contribution in [3.8, 4) is 0 Å². The maximum absolute atomic E-state index is 11.9. The first-order valence-electron chi connectivity index (χ1n) is 6.23. The molecule has 0 saturated heterocycles. The highest BCUT2D eigenvalue weighted by Crippen LogP contribution is 2.18. The molecule has 0 unspecified atom stereocenters. The van der Waals surface area contributed by atoms with Crippen LogP contribution in [-0.2, 0) is 10.0 Å². The molecule has 116 valence electrons. The van der Waals surface area contributed by atoms with Gasteiger partial charge >= 0.3 is 6.03 Å². The zero-order chi connectivity index (χ0) is 16.2. The van der Waals surface area contributed by atoms with E-state index in [0.29, 0.717) is 11.4 Å². The van der Waals surface area contributed by atoms with Gasteiger partial charge in [0.2, 0.25) is 10.0 Å². The lowest BCUT2D eigenvalue weighted by atomic mass is 10.3. The molecule has 0 radical (unpaired) electrons. The number of rotatable bonds is 4. The van der Waals surface area contributed by atoms with Crippen molar-refractivity contribution < 1.29 is 13.2 Å². The van der Waals surface area contributed by atoms with Crippen molar-refractivity contribution in [2.75, 3.05) is 16.9 Å². The van der Waals surface area contributed by atoms with Crippen LogP contribution in [0.4, 0.5) is 16.2 Å². The van der Waals surface area contributed by atoms with Crippen LogP contribution in [0.1, 0.15) is 0 Å². The molecule has 0 aliphatic rings. The molecule has 22 heavy (non-hydrogen) atoms. The minimum Gasteiger partial charge on any atom is -0.308 e. The predicted molar refractivity (Wildman–Crippen MR) is 88.7 cm³/mol. The zero-order valence-corrected chi connectivity index (χ0v) is 13.4. The second kappa shape index (κ2) is 6.82. The summed E-state index contributed by atoms with van der Waals surface area (Å²) in [6.45, 7) is 0. The highest BCUT2D eigenvalue weighted by Gasteiger charge is 2.09. The Balaban J connectivity index is 2.05. The van der Waals surface area contributed by atoms with Gasteiger partial charge in [0.25, 0.3) is 0 Å². The Kier molecular flexibility index (Phi) is 5.07. The van der Waals surface area contributed by atoms with Gasteiger partial charge in [0.05, 0.1) is 4.90 Å². The van der Waals surface area contributed by atoms with Gasteiger partial charge in [0.15, 0.2) is 0 Å². The number of primary sulfonamides is 1. The molecule has 2 aromatic rings. The number of hydrogen-bond donors (Lipinski definition) is 3. The Morgan fingerprint density at radius 1 is 1.05 bits per heavy atom. The second-order valence-corrected chi connectivity index (χ2v) is 6.82. The smallest absolute Gasteiger partial charge is 0.308 e. The van der Waals surface area contributed by atoms with Crippen molar-refractivity contribution in [2.24, 2.45) is 5.14 Å². The van der Waals surface area contributed by atoms with Gasteiger partial charge in [-0.05, 0) is 48.7 Å². The first-order valence-corrected chi connectivity index (χ1v) is 9.00. The number of benzene rings is 2. The fraction of sp³-hybridized carbons (Fsp3) is 0.0714. The Hall–Kier alpha value is -2.03. The summed E-state index contributed by atoms with van der Waals surface area (Å²) in [4.78, 5) is 12.9. The Morgan fingerprint density at radius 2 is 1.68 bits per heavy atom. The third-order valence-electron chi connectivity index (χ3n) is 2.77. The Labute approximate surface area is 133 Å². The monoisotopic (exact) mass is 337 g/mol. The minimum atomic E-state index is -3.80. The van der Waals surface area contributed by atoms with Crippen molar-refractivity contribution in [1.29, 1.82) is 0 Å². The van der Waals surface area contributed by atoms with Gasteiger partial charge in [-0.25, -0.2) is 18.4 Å². The van der Waals surface area contributed by atoms with Gasteiger partial charge in [-0.2, -0.15) is 0 Å². The minimum absolute atomic E-state index is 0.0605. The molecule has 0 fully saturated rings. The Morgan fingerprint density at radius 3 is 2.27 bits per heavy atom. The van der Waals surface area contributed by atoms with Gasteiger partial charge in [-0.1, -0.05) is 6.07 Å². The van der Waals surface area contributed by atoms with E-state index in [2.05, 4.69) is 10.6 Å². The van der Waals surface area contributed by atoms with Crippen LogP contribution in [0.3, 0.4) is 0 Å². The van der Waals surface area contributed by atoms with Gasteiger partial charge in [0, 0.05) is 16.3 Å². The predicted octanol–water partition coefficient (Wildman–Crippen LogP) is 2.70. The van der Waals surface area contributed by atoms with E-state index in [0.717, 1.165) is 4.90 Å². The average molecular weight is 337 g/mol. The molecule has 0 aromatic heterocycles. The van der Waals surface area contributed by atoms with Crippen molar-refractivity contribution in [3.05, 3.63) is 48.5 Å². The van der Waals surface area contributed by atoms with Crippen LogP contribution in [0.15, 0.2) is 58.3 Å². The van der Waals surface area contributed by atoms with E-state index < -0.39 is 16.1 Å². The highest BCUT2D eigenvalue weighted by atomic mass is 32.2. The zero-order valence-electron chi connectivity index (χ0n) is 11.7. The molecule has 0 aliphatic carbocycles. The number of amides is 2. The van der Waals surface area contributed by atoms with Gasteiger partial charge in [-0.15, -0.1) is 11.8 Å². The van der Waals surface area contributed by atoms with Crippen LogP contribution >= 0.6 is 11.8 Å². The maximum Gasteiger partial charge on any atom is 0.323 e. The maximum atomic E-state index is 11.9. The number of sulfonamides is 1. The van der Waals surface area contributed by atoms with Crippen LogP contribution in [0.2, 0.25) is 0 Å². The molecule has 8 heteroatoms. The summed E-state index contributed by atoms with van der Waals surface area (Å²) < 4.78 is 22.5. The van der Waals surface area contributed by atoms with E-state index >= 15 is 0 Å². The topological polar surface area (TPSA) is 101 Å². The number of thioether (sulfide) groups is 1. The molecular formula is C14H15N3O3S2. The summed E-state index contributed by atoms with van der Waals surface area (Å²) in [5.41, 5.74) is 0.975. The molecule has 4 N–H and O–H groups in total. The van der Waals surface area contributed by atoms with Crippen molar-refractivity contribution in [2.45, 2.75) is 9.79 Å². The number of anilines is 2. The van der Waals surface area contributed by atoms with E-state index in [9.17, 15) is 13.2 Å². The summed E-state index contributed by atoms with van der Waals surface area (Å²) in [5, 5.41) is 10.3. The number of nitrogens with one attached hydrogen (secondary N) is 2. The van der Waals surface area contributed by atoms with E-state index in [1.54, 1.807) is 30.0 Å². The number of carbonyl (C=O) groups is 1. The van der Waals surface area contributed by atoms with Crippen LogP contribution < -0.4 is 15.8 Å². The van der Waals surface area contributed by atoms with E-state index in [1.807, 2.05) is 18.4 Å². The first-order chi connectivity index (χ1) is 10.4. The van der Waals surface area contributed by atoms with Crippen LogP contribution in [-0.4, -0.2) is 20.7 Å². The molecule has 0 aliphatic heterocycles. The number of urea groups is 1. The van der Waals surface area contributed by atoms with E-state index in [-0.39, 0.29) is 4.90 Å². The van der Waals surface area contributed by atoms with Crippen molar-refractivity contribution >= 4 is 39.2 Å².